The summed E-state index contributed by atoms with van der Waals surface area (Å²) < 4.78 is 31.3. The summed E-state index contributed by atoms with van der Waals surface area (Å²) in [6, 6.07) is 3.63. The molecule has 0 saturated heterocycles. The second kappa shape index (κ2) is 6.14. The van der Waals surface area contributed by atoms with Crippen LogP contribution >= 0.6 is 0 Å². The molecule has 1 aromatic carbocycles. The maximum atomic E-state index is 12.1. The molecule has 0 aliphatic carbocycles. The molecule has 1 heterocycles. The van der Waals surface area contributed by atoms with Gasteiger partial charge in [0.25, 0.3) is 16.0 Å². The number of carboxylic acid groups (broad SMARTS) is 1. The summed E-state index contributed by atoms with van der Waals surface area (Å²) in [5.74, 6) is -4.14. The maximum absolute atomic E-state index is 12.1. The van der Waals surface area contributed by atoms with Crippen molar-refractivity contribution in [1.82, 2.24) is 4.98 Å². The van der Waals surface area contributed by atoms with Gasteiger partial charge in [-0.2, -0.15) is 8.42 Å². The van der Waals surface area contributed by atoms with Gasteiger partial charge in [0.1, 0.15) is 22.1 Å². The third-order valence-corrected chi connectivity index (χ3v) is 3.69. The predicted molar refractivity (Wildman–Crippen MR) is 78.7 cm³/mol. The highest BCUT2D eigenvalue weighted by atomic mass is 32.2. The van der Waals surface area contributed by atoms with Gasteiger partial charge in [0, 0.05) is 18.0 Å². The van der Waals surface area contributed by atoms with Gasteiger partial charge in [0.05, 0.1) is 5.56 Å². The minimum absolute atomic E-state index is 0.00329. The summed E-state index contributed by atoms with van der Waals surface area (Å²) in [4.78, 5) is 25.4. The first-order chi connectivity index (χ1) is 11.1. The fourth-order valence-electron chi connectivity index (χ4n) is 1.79. The number of aromatic nitrogens is 1. The van der Waals surface area contributed by atoms with Gasteiger partial charge in [0.15, 0.2) is 0 Å². The molecule has 126 valence electrons. The lowest BCUT2D eigenvalue weighted by Gasteiger charge is -2.10. The minimum atomic E-state index is -4.88. The van der Waals surface area contributed by atoms with Crippen LogP contribution < -0.4 is 5.32 Å². The van der Waals surface area contributed by atoms with Crippen LogP contribution in [0.4, 0.5) is 5.69 Å². The zero-order chi connectivity index (χ0) is 18.1. The largest absolute Gasteiger partial charge is 0.508 e. The average molecular weight is 354 g/mol. The molecule has 0 saturated carbocycles. The van der Waals surface area contributed by atoms with Crippen molar-refractivity contribution in [2.45, 2.75) is 4.90 Å². The monoisotopic (exact) mass is 354 g/mol. The van der Waals surface area contributed by atoms with E-state index in [0.29, 0.717) is 6.07 Å². The summed E-state index contributed by atoms with van der Waals surface area (Å²) in [7, 11) is -4.88. The second-order valence-electron chi connectivity index (χ2n) is 4.50. The molecule has 0 atom stereocenters. The van der Waals surface area contributed by atoms with Crippen LogP contribution in [-0.2, 0) is 10.1 Å². The Labute approximate surface area is 134 Å². The number of benzene rings is 1. The molecule has 0 fully saturated rings. The molecule has 0 aliphatic heterocycles. The van der Waals surface area contributed by atoms with Gasteiger partial charge in [-0.25, -0.2) is 9.78 Å². The molecule has 1 amide bonds. The van der Waals surface area contributed by atoms with Crippen LogP contribution in [0, 0.1) is 0 Å². The van der Waals surface area contributed by atoms with Gasteiger partial charge in [-0.15, -0.1) is 0 Å². The number of aromatic hydroxyl groups is 2. The van der Waals surface area contributed by atoms with Crippen molar-refractivity contribution in [3.8, 4) is 11.5 Å². The molecule has 0 radical (unpaired) electrons. The Balaban J connectivity index is 2.42. The van der Waals surface area contributed by atoms with Gasteiger partial charge < -0.3 is 20.6 Å². The number of aromatic carboxylic acids is 1. The number of carbonyl (C=O) groups excluding carboxylic acids is 1. The molecule has 1 aromatic heterocycles. The number of carbonyl (C=O) groups is 2. The van der Waals surface area contributed by atoms with E-state index in [4.69, 9.17) is 9.66 Å². The van der Waals surface area contributed by atoms with Crippen LogP contribution in [0.3, 0.4) is 0 Å². The number of pyridine rings is 1. The Kier molecular flexibility index (Phi) is 4.39. The van der Waals surface area contributed by atoms with E-state index >= 15 is 0 Å². The minimum Gasteiger partial charge on any atom is -0.508 e. The Bertz CT molecular complexity index is 939. The van der Waals surface area contributed by atoms with Crippen molar-refractivity contribution in [3.05, 3.63) is 41.7 Å². The van der Waals surface area contributed by atoms with E-state index in [9.17, 15) is 28.2 Å². The number of carboxylic acids is 1. The number of anilines is 1. The highest BCUT2D eigenvalue weighted by Gasteiger charge is 2.23. The number of nitrogens with zero attached hydrogens (tertiary/aromatic N) is 1. The molecule has 2 rings (SSSR count). The number of phenols is 2. The molecule has 0 spiro atoms. The zero-order valence-electron chi connectivity index (χ0n) is 11.7. The van der Waals surface area contributed by atoms with Crippen LogP contribution in [-0.4, -0.2) is 45.2 Å². The molecule has 11 heteroatoms. The van der Waals surface area contributed by atoms with Gasteiger partial charge in [-0.1, -0.05) is 0 Å². The van der Waals surface area contributed by atoms with E-state index in [1.165, 1.54) is 6.07 Å². The second-order valence-corrected chi connectivity index (χ2v) is 5.89. The molecule has 0 bridgehead atoms. The zero-order valence-corrected chi connectivity index (χ0v) is 12.5. The average Bonchev–Trinajstić information content (AvgIpc) is 2.48. The summed E-state index contributed by atoms with van der Waals surface area (Å²) in [6.07, 6.45) is 1.12. The normalized spacial score (nSPS) is 11.0. The summed E-state index contributed by atoms with van der Waals surface area (Å²) in [5.41, 5.74) is -0.994. The number of rotatable bonds is 4. The lowest BCUT2D eigenvalue weighted by Crippen LogP contribution is -2.14. The summed E-state index contributed by atoms with van der Waals surface area (Å²) in [6.45, 7) is 0. The van der Waals surface area contributed by atoms with Gasteiger partial charge in [0.2, 0.25) is 0 Å². The fraction of sp³-hybridized carbons (Fsp3) is 0. The Morgan fingerprint density at radius 1 is 1.12 bits per heavy atom. The van der Waals surface area contributed by atoms with E-state index in [-0.39, 0.29) is 11.4 Å². The predicted octanol–water partition coefficient (Wildman–Crippen LogP) is 0.690. The van der Waals surface area contributed by atoms with Crippen LogP contribution in [0.15, 0.2) is 35.4 Å². The molecule has 24 heavy (non-hydrogen) atoms. The third-order valence-electron chi connectivity index (χ3n) is 2.82. The van der Waals surface area contributed by atoms with Crippen LogP contribution in [0.1, 0.15) is 20.8 Å². The highest BCUT2D eigenvalue weighted by molar-refractivity contribution is 7.86. The van der Waals surface area contributed by atoms with E-state index in [1.54, 1.807) is 0 Å². The van der Waals surface area contributed by atoms with Gasteiger partial charge >= 0.3 is 5.97 Å². The molecule has 0 unspecified atom stereocenters. The highest BCUT2D eigenvalue weighted by Crippen LogP contribution is 2.31. The van der Waals surface area contributed by atoms with Crippen molar-refractivity contribution >= 4 is 27.7 Å². The topological polar surface area (TPSA) is 174 Å². The Hall–Kier alpha value is -3.18. The van der Waals surface area contributed by atoms with E-state index in [2.05, 4.69) is 10.3 Å². The van der Waals surface area contributed by atoms with Crippen LogP contribution in [0.25, 0.3) is 0 Å². The first kappa shape index (κ1) is 17.2. The lowest BCUT2D eigenvalue weighted by molar-refractivity contribution is 0.0690. The Morgan fingerprint density at radius 2 is 1.79 bits per heavy atom. The Morgan fingerprint density at radius 3 is 2.38 bits per heavy atom. The van der Waals surface area contributed by atoms with Crippen molar-refractivity contribution in [2.24, 2.45) is 0 Å². The van der Waals surface area contributed by atoms with Gasteiger partial charge in [-0.05, 0) is 18.2 Å². The van der Waals surface area contributed by atoms with Crippen molar-refractivity contribution in [1.29, 1.82) is 0 Å². The standard InChI is InChI=1S/C13H10N2O8S/c16-7-4-8(11(17)10(5-7)24(21,22)23)12(18)15-6-1-2-14-9(3-6)13(19)20/h1-5,16-17H,(H,19,20)(H,14,15,18)(H,21,22,23). The molecule has 10 nitrogen and oxygen atoms in total. The molecule has 0 aliphatic rings. The molecule has 5 N–H and O–H groups in total. The number of phenolic OH excluding ortho intramolecular Hbond substituents is 2. The van der Waals surface area contributed by atoms with Crippen LogP contribution in [0.5, 0.6) is 11.5 Å². The van der Waals surface area contributed by atoms with Crippen molar-refractivity contribution < 1.29 is 37.9 Å². The SMILES string of the molecule is O=C(O)c1cc(NC(=O)c2cc(O)cc(S(=O)(=O)O)c2O)ccn1. The number of hydrogen-bond donors (Lipinski definition) is 5. The van der Waals surface area contributed by atoms with Gasteiger partial charge in [-0.3, -0.25) is 9.35 Å². The smallest absolute Gasteiger partial charge is 0.354 e. The summed E-state index contributed by atoms with van der Waals surface area (Å²) in [5, 5.41) is 30.3. The van der Waals surface area contributed by atoms with Crippen molar-refractivity contribution in [2.75, 3.05) is 5.32 Å². The first-order valence-corrected chi connectivity index (χ1v) is 7.58. The fourth-order valence-corrected chi connectivity index (χ4v) is 2.41. The van der Waals surface area contributed by atoms with Crippen LogP contribution in [0.2, 0.25) is 0 Å². The first-order valence-electron chi connectivity index (χ1n) is 6.13. The van der Waals surface area contributed by atoms with E-state index in [0.717, 1.165) is 18.3 Å². The lowest BCUT2D eigenvalue weighted by atomic mass is 10.1. The number of hydrogen-bond acceptors (Lipinski definition) is 7. The number of nitrogens with one attached hydrogen (secondary N) is 1. The quantitative estimate of drug-likeness (QED) is 0.391. The van der Waals surface area contributed by atoms with Crippen molar-refractivity contribution in [3.63, 3.8) is 0 Å². The summed E-state index contributed by atoms with van der Waals surface area (Å²) >= 11 is 0. The van der Waals surface area contributed by atoms with E-state index in [1.807, 2.05) is 0 Å². The maximum Gasteiger partial charge on any atom is 0.354 e. The number of amides is 1. The molecule has 2 aromatic rings. The third kappa shape index (κ3) is 3.59. The molecular weight excluding hydrogens is 344 g/mol. The van der Waals surface area contributed by atoms with E-state index < -0.39 is 44.0 Å². The molecular formula is C13H10N2O8S.